The molecule has 0 heterocycles. The van der Waals surface area contributed by atoms with Gasteiger partial charge in [0, 0.05) is 30.7 Å². The maximum Gasteiger partial charge on any atom is 0.328 e. The minimum atomic E-state index is -1.06. The number of nitro benzene ring substituents is 1. The van der Waals surface area contributed by atoms with E-state index < -0.39 is 22.8 Å². The van der Waals surface area contributed by atoms with E-state index in [0.29, 0.717) is 11.3 Å². The van der Waals surface area contributed by atoms with Crippen LogP contribution in [0.4, 0.5) is 11.4 Å². The summed E-state index contributed by atoms with van der Waals surface area (Å²) in [6.45, 7) is 1.37. The molecule has 30 heavy (non-hydrogen) atoms. The summed E-state index contributed by atoms with van der Waals surface area (Å²) in [4.78, 5) is 46.4. The predicted octanol–water partition coefficient (Wildman–Crippen LogP) is 2.08. The van der Waals surface area contributed by atoms with E-state index in [1.54, 1.807) is 18.2 Å². The zero-order valence-electron chi connectivity index (χ0n) is 16.6. The SMILES string of the molecule is COC(=O)[C@H](Cc1ccc(OC)c([N+](=O)[O-])c1)NC(=O)c1ccc(NC(C)=O)cc1. The number of hydrogen-bond donors (Lipinski definition) is 2. The summed E-state index contributed by atoms with van der Waals surface area (Å²) in [5.41, 5.74) is 0.977. The molecule has 158 valence electrons. The zero-order chi connectivity index (χ0) is 22.3. The van der Waals surface area contributed by atoms with Crippen LogP contribution in [0.3, 0.4) is 0 Å². The van der Waals surface area contributed by atoms with Gasteiger partial charge in [-0.15, -0.1) is 0 Å². The number of esters is 1. The fourth-order valence-electron chi connectivity index (χ4n) is 2.73. The number of anilines is 1. The third-order valence-electron chi connectivity index (χ3n) is 4.14. The van der Waals surface area contributed by atoms with Crippen molar-refractivity contribution in [2.75, 3.05) is 19.5 Å². The normalized spacial score (nSPS) is 11.2. The second-order valence-corrected chi connectivity index (χ2v) is 6.28. The van der Waals surface area contributed by atoms with Crippen molar-refractivity contribution >= 4 is 29.2 Å². The molecule has 2 N–H and O–H groups in total. The average molecular weight is 415 g/mol. The quantitative estimate of drug-likeness (QED) is 0.382. The van der Waals surface area contributed by atoms with Crippen molar-refractivity contribution in [3.05, 3.63) is 63.7 Å². The van der Waals surface area contributed by atoms with Gasteiger partial charge in [0.2, 0.25) is 5.91 Å². The second-order valence-electron chi connectivity index (χ2n) is 6.28. The first-order valence-corrected chi connectivity index (χ1v) is 8.82. The molecule has 10 heteroatoms. The maximum absolute atomic E-state index is 12.5. The van der Waals surface area contributed by atoms with Crippen molar-refractivity contribution in [2.24, 2.45) is 0 Å². The number of nitro groups is 1. The molecule has 0 bridgehead atoms. The summed E-state index contributed by atoms with van der Waals surface area (Å²) in [5.74, 6) is -1.40. The van der Waals surface area contributed by atoms with Crippen LogP contribution in [0.25, 0.3) is 0 Å². The Balaban J connectivity index is 2.19. The van der Waals surface area contributed by atoms with Crippen LogP contribution < -0.4 is 15.4 Å². The van der Waals surface area contributed by atoms with Crippen LogP contribution in [-0.4, -0.2) is 43.0 Å². The van der Waals surface area contributed by atoms with Gasteiger partial charge in [-0.3, -0.25) is 19.7 Å². The number of hydrogen-bond acceptors (Lipinski definition) is 7. The molecule has 0 aliphatic heterocycles. The number of rotatable bonds is 8. The number of carbonyl (C=O) groups excluding carboxylic acids is 3. The lowest BCUT2D eigenvalue weighted by Crippen LogP contribution is -2.43. The Kier molecular flexibility index (Phi) is 7.45. The largest absolute Gasteiger partial charge is 0.490 e. The van der Waals surface area contributed by atoms with E-state index in [1.807, 2.05) is 0 Å². The average Bonchev–Trinajstić information content (AvgIpc) is 2.72. The first kappa shape index (κ1) is 22.3. The standard InChI is InChI=1S/C20H21N3O7/c1-12(24)21-15-7-5-14(6-8-15)19(25)22-16(20(26)30-3)10-13-4-9-18(29-2)17(11-13)23(27)28/h4-9,11,16H,10H2,1-3H3,(H,21,24)(H,22,25)/t16-/m0/s1. The highest BCUT2D eigenvalue weighted by molar-refractivity contribution is 5.97. The van der Waals surface area contributed by atoms with Crippen LogP contribution in [0, 0.1) is 10.1 Å². The number of benzene rings is 2. The molecular formula is C20H21N3O7. The topological polar surface area (TPSA) is 137 Å². The summed E-state index contributed by atoms with van der Waals surface area (Å²) in [6.07, 6.45) is -0.0206. The highest BCUT2D eigenvalue weighted by atomic mass is 16.6. The number of methoxy groups -OCH3 is 2. The lowest BCUT2D eigenvalue weighted by atomic mass is 10.0. The molecule has 2 aromatic carbocycles. The van der Waals surface area contributed by atoms with Gasteiger partial charge in [-0.05, 0) is 35.9 Å². The first-order valence-electron chi connectivity index (χ1n) is 8.82. The third-order valence-corrected chi connectivity index (χ3v) is 4.14. The summed E-state index contributed by atoms with van der Waals surface area (Å²) < 4.78 is 9.71. The maximum atomic E-state index is 12.5. The Morgan fingerprint density at radius 1 is 1.10 bits per heavy atom. The molecule has 0 fully saturated rings. The zero-order valence-corrected chi connectivity index (χ0v) is 16.6. The van der Waals surface area contributed by atoms with Gasteiger partial charge in [0.15, 0.2) is 5.75 Å². The highest BCUT2D eigenvalue weighted by Gasteiger charge is 2.24. The molecule has 0 aromatic heterocycles. The van der Waals surface area contributed by atoms with Gasteiger partial charge >= 0.3 is 11.7 Å². The fourth-order valence-corrected chi connectivity index (χ4v) is 2.73. The van der Waals surface area contributed by atoms with Crippen molar-refractivity contribution in [3.8, 4) is 5.75 Å². The Morgan fingerprint density at radius 3 is 2.30 bits per heavy atom. The van der Waals surface area contributed by atoms with E-state index in [9.17, 15) is 24.5 Å². The molecule has 2 rings (SSSR count). The monoisotopic (exact) mass is 415 g/mol. The molecule has 2 aromatic rings. The molecule has 0 saturated carbocycles. The Hall–Kier alpha value is -3.95. The van der Waals surface area contributed by atoms with Gasteiger partial charge in [0.05, 0.1) is 19.1 Å². The summed E-state index contributed by atoms with van der Waals surface area (Å²) in [5, 5.41) is 16.4. The van der Waals surface area contributed by atoms with Crippen LogP contribution in [-0.2, 0) is 20.7 Å². The van der Waals surface area contributed by atoms with Gasteiger partial charge in [0.1, 0.15) is 6.04 Å². The Labute approximate surface area is 172 Å². The number of nitrogens with zero attached hydrogens (tertiary/aromatic N) is 1. The van der Waals surface area contributed by atoms with Gasteiger partial charge in [-0.1, -0.05) is 6.07 Å². The number of nitrogens with one attached hydrogen (secondary N) is 2. The summed E-state index contributed by atoms with van der Waals surface area (Å²) in [7, 11) is 2.50. The Bertz CT molecular complexity index is 957. The van der Waals surface area contributed by atoms with Crippen molar-refractivity contribution in [2.45, 2.75) is 19.4 Å². The molecule has 0 unspecified atom stereocenters. The molecule has 0 spiro atoms. The number of amides is 2. The molecule has 0 aliphatic rings. The van der Waals surface area contributed by atoms with Crippen LogP contribution in [0.1, 0.15) is 22.8 Å². The van der Waals surface area contributed by atoms with E-state index in [-0.39, 0.29) is 29.3 Å². The van der Waals surface area contributed by atoms with Crippen molar-refractivity contribution in [1.82, 2.24) is 5.32 Å². The molecule has 0 aliphatic carbocycles. The molecule has 1 atom stereocenters. The van der Waals surface area contributed by atoms with E-state index >= 15 is 0 Å². The van der Waals surface area contributed by atoms with E-state index in [1.165, 1.54) is 45.4 Å². The predicted molar refractivity (Wildman–Crippen MR) is 107 cm³/mol. The molecule has 10 nitrogen and oxygen atoms in total. The molecule has 0 saturated heterocycles. The minimum Gasteiger partial charge on any atom is -0.490 e. The van der Waals surface area contributed by atoms with Crippen LogP contribution in [0.5, 0.6) is 5.75 Å². The van der Waals surface area contributed by atoms with Gasteiger partial charge in [-0.25, -0.2) is 4.79 Å². The number of ether oxygens (including phenoxy) is 2. The lowest BCUT2D eigenvalue weighted by Gasteiger charge is -2.17. The van der Waals surface area contributed by atoms with Gasteiger partial charge < -0.3 is 20.1 Å². The van der Waals surface area contributed by atoms with Crippen molar-refractivity contribution in [3.63, 3.8) is 0 Å². The third kappa shape index (κ3) is 5.77. The Morgan fingerprint density at radius 2 is 1.77 bits per heavy atom. The first-order chi connectivity index (χ1) is 14.2. The van der Waals surface area contributed by atoms with E-state index in [4.69, 9.17) is 9.47 Å². The lowest BCUT2D eigenvalue weighted by molar-refractivity contribution is -0.385. The summed E-state index contributed by atoms with van der Waals surface area (Å²) >= 11 is 0. The summed E-state index contributed by atoms with van der Waals surface area (Å²) in [6, 6.07) is 9.29. The smallest absolute Gasteiger partial charge is 0.328 e. The van der Waals surface area contributed by atoms with E-state index in [2.05, 4.69) is 10.6 Å². The minimum absolute atomic E-state index is 0.0206. The van der Waals surface area contributed by atoms with Crippen LogP contribution in [0.2, 0.25) is 0 Å². The van der Waals surface area contributed by atoms with Crippen LogP contribution in [0.15, 0.2) is 42.5 Å². The highest BCUT2D eigenvalue weighted by Crippen LogP contribution is 2.28. The molecule has 0 radical (unpaired) electrons. The molecule has 2 amide bonds. The fraction of sp³-hybridized carbons (Fsp3) is 0.250. The van der Waals surface area contributed by atoms with Crippen molar-refractivity contribution < 1.29 is 28.8 Å². The van der Waals surface area contributed by atoms with Gasteiger partial charge in [0.25, 0.3) is 5.91 Å². The van der Waals surface area contributed by atoms with Crippen molar-refractivity contribution in [1.29, 1.82) is 0 Å². The number of carbonyl (C=O) groups is 3. The molecular weight excluding hydrogens is 394 g/mol. The second kappa shape index (κ2) is 10.0. The van der Waals surface area contributed by atoms with E-state index in [0.717, 1.165) is 0 Å². The van der Waals surface area contributed by atoms with Gasteiger partial charge in [-0.2, -0.15) is 0 Å². The van der Waals surface area contributed by atoms with Crippen LogP contribution >= 0.6 is 0 Å².